The molecule has 2 unspecified atom stereocenters. The standard InChI is InChI=1S/C15H32N2O/c1-11(2)9-14(16)15(10-18)17-7-5-13(6-8-17)12(3)4/h11-15,18H,5-10,16H2,1-4H3. The Morgan fingerprint density at radius 1 is 1.17 bits per heavy atom. The molecule has 0 aromatic rings. The van der Waals surface area contributed by atoms with Crippen LogP contribution in [0.15, 0.2) is 0 Å². The lowest BCUT2D eigenvalue weighted by Crippen LogP contribution is -2.53. The van der Waals surface area contributed by atoms with Crippen molar-refractivity contribution in [2.45, 2.75) is 59.0 Å². The zero-order chi connectivity index (χ0) is 13.7. The molecule has 1 aliphatic rings. The quantitative estimate of drug-likeness (QED) is 0.765. The number of hydrogen-bond acceptors (Lipinski definition) is 3. The highest BCUT2D eigenvalue weighted by Gasteiger charge is 2.29. The van der Waals surface area contributed by atoms with E-state index in [1.807, 2.05) is 0 Å². The van der Waals surface area contributed by atoms with Crippen LogP contribution in [-0.4, -0.2) is 41.8 Å². The third-order valence-electron chi connectivity index (χ3n) is 4.41. The molecular formula is C15H32N2O. The van der Waals surface area contributed by atoms with Crippen LogP contribution in [0.5, 0.6) is 0 Å². The second-order valence-electron chi connectivity index (χ2n) is 6.66. The summed E-state index contributed by atoms with van der Waals surface area (Å²) < 4.78 is 0. The van der Waals surface area contributed by atoms with E-state index in [1.165, 1.54) is 12.8 Å². The fourth-order valence-electron chi connectivity index (χ4n) is 3.14. The predicted molar refractivity (Wildman–Crippen MR) is 77.4 cm³/mol. The SMILES string of the molecule is CC(C)CC(N)C(CO)N1CCC(C(C)C)CC1. The first kappa shape index (κ1) is 15.9. The van der Waals surface area contributed by atoms with Crippen molar-refractivity contribution in [3.63, 3.8) is 0 Å². The highest BCUT2D eigenvalue weighted by molar-refractivity contribution is 4.86. The summed E-state index contributed by atoms with van der Waals surface area (Å²) in [5, 5.41) is 9.62. The van der Waals surface area contributed by atoms with Crippen molar-refractivity contribution in [2.75, 3.05) is 19.7 Å². The number of aliphatic hydroxyl groups is 1. The summed E-state index contributed by atoms with van der Waals surface area (Å²) >= 11 is 0. The zero-order valence-electron chi connectivity index (χ0n) is 12.6. The number of hydrogen-bond donors (Lipinski definition) is 2. The average molecular weight is 256 g/mol. The van der Waals surface area contributed by atoms with Gasteiger partial charge in [-0.2, -0.15) is 0 Å². The van der Waals surface area contributed by atoms with Crippen molar-refractivity contribution in [2.24, 2.45) is 23.5 Å². The maximum atomic E-state index is 9.62. The Morgan fingerprint density at radius 3 is 2.11 bits per heavy atom. The van der Waals surface area contributed by atoms with Crippen LogP contribution in [0.1, 0.15) is 47.0 Å². The minimum absolute atomic E-state index is 0.102. The van der Waals surface area contributed by atoms with Gasteiger partial charge in [0, 0.05) is 12.1 Å². The van der Waals surface area contributed by atoms with E-state index in [0.717, 1.165) is 31.3 Å². The molecule has 0 aromatic carbocycles. The molecule has 0 spiro atoms. The van der Waals surface area contributed by atoms with Gasteiger partial charge in [-0.1, -0.05) is 27.7 Å². The summed E-state index contributed by atoms with van der Waals surface area (Å²) in [6.07, 6.45) is 3.50. The molecule has 3 N–H and O–H groups in total. The van der Waals surface area contributed by atoms with Gasteiger partial charge in [-0.25, -0.2) is 0 Å². The van der Waals surface area contributed by atoms with Gasteiger partial charge in [0.2, 0.25) is 0 Å². The van der Waals surface area contributed by atoms with Gasteiger partial charge in [0.15, 0.2) is 0 Å². The Kier molecular flexibility index (Phi) is 6.61. The molecule has 3 heteroatoms. The lowest BCUT2D eigenvalue weighted by atomic mass is 9.85. The first-order valence-electron chi connectivity index (χ1n) is 7.56. The Hall–Kier alpha value is -0.120. The molecule has 1 saturated heterocycles. The predicted octanol–water partition coefficient (Wildman–Crippen LogP) is 2.09. The van der Waals surface area contributed by atoms with E-state index >= 15 is 0 Å². The largest absolute Gasteiger partial charge is 0.395 e. The monoisotopic (exact) mass is 256 g/mol. The van der Waals surface area contributed by atoms with Crippen molar-refractivity contribution in [1.82, 2.24) is 4.90 Å². The maximum Gasteiger partial charge on any atom is 0.0601 e. The van der Waals surface area contributed by atoms with Gasteiger partial charge in [0.25, 0.3) is 0 Å². The highest BCUT2D eigenvalue weighted by Crippen LogP contribution is 2.26. The molecule has 108 valence electrons. The third-order valence-corrected chi connectivity index (χ3v) is 4.41. The highest BCUT2D eigenvalue weighted by atomic mass is 16.3. The maximum absolute atomic E-state index is 9.62. The molecule has 0 aliphatic carbocycles. The number of nitrogens with zero attached hydrogens (tertiary/aromatic N) is 1. The molecule has 1 heterocycles. The van der Waals surface area contributed by atoms with E-state index < -0.39 is 0 Å². The molecule has 0 saturated carbocycles. The van der Waals surface area contributed by atoms with Crippen molar-refractivity contribution in [3.05, 3.63) is 0 Å². The van der Waals surface area contributed by atoms with Gasteiger partial charge in [-0.15, -0.1) is 0 Å². The molecule has 1 fully saturated rings. The van der Waals surface area contributed by atoms with Crippen molar-refractivity contribution in [1.29, 1.82) is 0 Å². The van der Waals surface area contributed by atoms with E-state index in [0.29, 0.717) is 5.92 Å². The number of rotatable bonds is 6. The van der Waals surface area contributed by atoms with Crippen LogP contribution in [0.2, 0.25) is 0 Å². The molecule has 0 aromatic heterocycles. The van der Waals surface area contributed by atoms with Crippen molar-refractivity contribution >= 4 is 0 Å². The van der Waals surface area contributed by atoms with E-state index in [2.05, 4.69) is 32.6 Å². The molecule has 18 heavy (non-hydrogen) atoms. The lowest BCUT2D eigenvalue weighted by molar-refractivity contribution is 0.0592. The van der Waals surface area contributed by atoms with Crippen LogP contribution in [0.25, 0.3) is 0 Å². The van der Waals surface area contributed by atoms with Gasteiger partial charge in [-0.05, 0) is 50.1 Å². The molecule has 0 amide bonds. The Labute approximate surface area is 113 Å². The molecular weight excluding hydrogens is 224 g/mol. The van der Waals surface area contributed by atoms with Gasteiger partial charge >= 0.3 is 0 Å². The molecule has 0 radical (unpaired) electrons. The third kappa shape index (κ3) is 4.52. The molecule has 0 bridgehead atoms. The van der Waals surface area contributed by atoms with Gasteiger partial charge in [0.1, 0.15) is 0 Å². The van der Waals surface area contributed by atoms with Crippen molar-refractivity contribution in [3.8, 4) is 0 Å². The lowest BCUT2D eigenvalue weighted by Gasteiger charge is -2.40. The van der Waals surface area contributed by atoms with E-state index in [4.69, 9.17) is 5.73 Å². The smallest absolute Gasteiger partial charge is 0.0601 e. The molecule has 1 rings (SSSR count). The summed E-state index contributed by atoms with van der Waals surface area (Å²) in [5.74, 6) is 2.23. The first-order valence-corrected chi connectivity index (χ1v) is 7.56. The molecule has 1 aliphatic heterocycles. The van der Waals surface area contributed by atoms with Crippen LogP contribution in [0.3, 0.4) is 0 Å². The van der Waals surface area contributed by atoms with Crippen LogP contribution in [-0.2, 0) is 0 Å². The van der Waals surface area contributed by atoms with Crippen LogP contribution >= 0.6 is 0 Å². The molecule has 3 nitrogen and oxygen atoms in total. The summed E-state index contributed by atoms with van der Waals surface area (Å²) in [4.78, 5) is 2.41. The van der Waals surface area contributed by atoms with E-state index in [-0.39, 0.29) is 18.7 Å². The Morgan fingerprint density at radius 2 is 1.72 bits per heavy atom. The number of nitrogens with two attached hydrogens (primary N) is 1. The van der Waals surface area contributed by atoms with Crippen LogP contribution in [0, 0.1) is 17.8 Å². The Bertz CT molecular complexity index is 223. The summed E-state index contributed by atoms with van der Waals surface area (Å²) in [5.41, 5.74) is 6.25. The second-order valence-corrected chi connectivity index (χ2v) is 6.66. The van der Waals surface area contributed by atoms with Crippen molar-refractivity contribution < 1.29 is 5.11 Å². The fourth-order valence-corrected chi connectivity index (χ4v) is 3.14. The first-order chi connectivity index (χ1) is 8.45. The topological polar surface area (TPSA) is 49.5 Å². The number of aliphatic hydroxyl groups excluding tert-OH is 1. The number of piperidine rings is 1. The summed E-state index contributed by atoms with van der Waals surface area (Å²) in [6, 6.07) is 0.256. The van der Waals surface area contributed by atoms with Gasteiger partial charge in [0.05, 0.1) is 6.61 Å². The minimum Gasteiger partial charge on any atom is -0.395 e. The van der Waals surface area contributed by atoms with E-state index in [9.17, 15) is 5.11 Å². The summed E-state index contributed by atoms with van der Waals surface area (Å²) in [6.45, 7) is 11.4. The zero-order valence-corrected chi connectivity index (χ0v) is 12.6. The molecule has 2 atom stereocenters. The normalized spacial score (nSPS) is 22.7. The second kappa shape index (κ2) is 7.46. The van der Waals surface area contributed by atoms with E-state index in [1.54, 1.807) is 0 Å². The van der Waals surface area contributed by atoms with Crippen LogP contribution < -0.4 is 5.73 Å². The average Bonchev–Trinajstić information content (AvgIpc) is 2.29. The number of likely N-dealkylation sites (tertiary alicyclic amines) is 1. The Balaban J connectivity index is 2.47. The van der Waals surface area contributed by atoms with Crippen LogP contribution in [0.4, 0.5) is 0 Å². The fraction of sp³-hybridized carbons (Fsp3) is 1.00. The van der Waals surface area contributed by atoms with Gasteiger partial charge in [-0.3, -0.25) is 4.90 Å². The van der Waals surface area contributed by atoms with Gasteiger partial charge < -0.3 is 10.8 Å². The minimum atomic E-state index is 0.102. The summed E-state index contributed by atoms with van der Waals surface area (Å²) in [7, 11) is 0.